The van der Waals surface area contributed by atoms with E-state index in [0.717, 1.165) is 0 Å². The van der Waals surface area contributed by atoms with Crippen molar-refractivity contribution in [2.75, 3.05) is 39.3 Å². The lowest BCUT2D eigenvalue weighted by Crippen LogP contribution is -2.70. The number of ether oxygens (including phenoxy) is 1. The first-order valence-corrected chi connectivity index (χ1v) is 12.0. The van der Waals surface area contributed by atoms with Crippen LogP contribution in [0.25, 0.3) is 0 Å². The number of carbonyl (C=O) groups is 1. The first-order valence-electron chi connectivity index (χ1n) is 10.5. The lowest BCUT2D eigenvalue weighted by molar-refractivity contribution is -0.139. The molecular formula is C23H29N3O4S. The van der Waals surface area contributed by atoms with Gasteiger partial charge in [-0.25, -0.2) is 8.42 Å². The Morgan fingerprint density at radius 3 is 2.32 bits per heavy atom. The molecule has 8 heteroatoms. The average molecular weight is 444 g/mol. The van der Waals surface area contributed by atoms with E-state index in [1.165, 1.54) is 0 Å². The maximum atomic E-state index is 13.2. The van der Waals surface area contributed by atoms with Gasteiger partial charge in [0.25, 0.3) is 5.91 Å². The lowest BCUT2D eigenvalue weighted by atomic mass is 9.94. The van der Waals surface area contributed by atoms with Crippen LogP contribution in [0.15, 0.2) is 65.6 Å². The van der Waals surface area contributed by atoms with Crippen LogP contribution in [0, 0.1) is 0 Å². The Morgan fingerprint density at radius 1 is 1.00 bits per heavy atom. The molecule has 0 aromatic heterocycles. The van der Waals surface area contributed by atoms with E-state index >= 15 is 0 Å². The number of rotatable bonds is 5. The molecule has 31 heavy (non-hydrogen) atoms. The number of nitrogens with zero attached hydrogens (tertiary/aromatic N) is 3. The Kier molecular flexibility index (Phi) is 6.05. The van der Waals surface area contributed by atoms with Crippen LogP contribution < -0.4 is 4.74 Å². The zero-order valence-electron chi connectivity index (χ0n) is 18.0. The van der Waals surface area contributed by atoms with Crippen LogP contribution in [-0.4, -0.2) is 79.3 Å². The van der Waals surface area contributed by atoms with Crippen molar-refractivity contribution < 1.29 is 17.9 Å². The van der Waals surface area contributed by atoms with E-state index in [2.05, 4.69) is 18.7 Å². The molecule has 2 aliphatic rings. The molecule has 7 nitrogen and oxygen atoms in total. The third kappa shape index (κ3) is 4.61. The number of piperazine rings is 2. The molecule has 2 aromatic carbocycles. The molecule has 2 aromatic rings. The second-order valence-corrected chi connectivity index (χ2v) is 10.6. The van der Waals surface area contributed by atoms with Crippen molar-refractivity contribution in [1.82, 2.24) is 14.1 Å². The number of fused-ring (bicyclic) bond motifs is 1. The number of hydrogen-bond donors (Lipinski definition) is 0. The second kappa shape index (κ2) is 8.61. The third-order valence-corrected chi connectivity index (χ3v) is 7.90. The minimum atomic E-state index is -3.59. The van der Waals surface area contributed by atoms with Gasteiger partial charge in [0.15, 0.2) is 6.61 Å². The van der Waals surface area contributed by atoms with Crippen LogP contribution in [0.1, 0.15) is 13.8 Å². The van der Waals surface area contributed by atoms with Crippen LogP contribution in [-0.2, 0) is 14.8 Å². The highest BCUT2D eigenvalue weighted by atomic mass is 32.2. The predicted molar refractivity (Wildman–Crippen MR) is 118 cm³/mol. The maximum absolute atomic E-state index is 13.2. The molecule has 2 saturated heterocycles. The molecule has 1 unspecified atom stereocenters. The molecule has 0 bridgehead atoms. The molecule has 0 spiro atoms. The highest BCUT2D eigenvalue weighted by molar-refractivity contribution is 7.89. The molecule has 166 valence electrons. The van der Waals surface area contributed by atoms with Gasteiger partial charge in [-0.05, 0) is 38.1 Å². The molecule has 0 radical (unpaired) electrons. The fourth-order valence-electron chi connectivity index (χ4n) is 4.53. The van der Waals surface area contributed by atoms with Crippen molar-refractivity contribution in [2.24, 2.45) is 0 Å². The van der Waals surface area contributed by atoms with Crippen LogP contribution in [0.2, 0.25) is 0 Å². The van der Waals surface area contributed by atoms with Crippen LogP contribution in [0.5, 0.6) is 5.75 Å². The number of hydrogen-bond acceptors (Lipinski definition) is 5. The van der Waals surface area contributed by atoms with Gasteiger partial charge in [0.2, 0.25) is 10.0 Å². The number of sulfonamides is 1. The monoisotopic (exact) mass is 443 g/mol. The van der Waals surface area contributed by atoms with Crippen LogP contribution >= 0.6 is 0 Å². The highest BCUT2D eigenvalue weighted by Crippen LogP contribution is 2.31. The van der Waals surface area contributed by atoms with E-state index in [4.69, 9.17) is 4.74 Å². The zero-order valence-corrected chi connectivity index (χ0v) is 18.8. The number of carbonyl (C=O) groups excluding carboxylic acids is 1. The molecule has 0 saturated carbocycles. The van der Waals surface area contributed by atoms with E-state index in [0.29, 0.717) is 43.4 Å². The molecule has 0 N–H and O–H groups in total. The van der Waals surface area contributed by atoms with Crippen molar-refractivity contribution in [1.29, 1.82) is 0 Å². The Morgan fingerprint density at radius 2 is 1.65 bits per heavy atom. The van der Waals surface area contributed by atoms with E-state index < -0.39 is 10.0 Å². The third-order valence-electron chi connectivity index (χ3n) is 6.08. The summed E-state index contributed by atoms with van der Waals surface area (Å²) >= 11 is 0. The summed E-state index contributed by atoms with van der Waals surface area (Å²) in [5.41, 5.74) is -0.319. The Hall–Kier alpha value is -2.42. The van der Waals surface area contributed by atoms with Crippen molar-refractivity contribution in [2.45, 2.75) is 30.3 Å². The molecule has 2 fully saturated rings. The van der Waals surface area contributed by atoms with Gasteiger partial charge in [-0.2, -0.15) is 4.31 Å². The predicted octanol–water partition coefficient (Wildman–Crippen LogP) is 2.06. The lowest BCUT2D eigenvalue weighted by Gasteiger charge is -2.55. The molecule has 1 amide bonds. The summed E-state index contributed by atoms with van der Waals surface area (Å²) < 4.78 is 33.6. The van der Waals surface area contributed by atoms with Gasteiger partial charge in [-0.15, -0.1) is 0 Å². The second-order valence-electron chi connectivity index (χ2n) is 8.71. The smallest absolute Gasteiger partial charge is 0.260 e. The van der Waals surface area contributed by atoms with Gasteiger partial charge >= 0.3 is 0 Å². The number of amides is 1. The summed E-state index contributed by atoms with van der Waals surface area (Å²) in [5.74, 6) is 0.581. The molecule has 0 aliphatic carbocycles. The average Bonchev–Trinajstić information content (AvgIpc) is 2.78. The maximum Gasteiger partial charge on any atom is 0.260 e. The molecule has 1 atom stereocenters. The summed E-state index contributed by atoms with van der Waals surface area (Å²) in [6, 6.07) is 17.8. The van der Waals surface area contributed by atoms with Gasteiger partial charge in [0, 0.05) is 44.3 Å². The van der Waals surface area contributed by atoms with E-state index in [1.807, 2.05) is 36.4 Å². The van der Waals surface area contributed by atoms with E-state index in [9.17, 15) is 13.2 Å². The quantitative estimate of drug-likeness (QED) is 0.708. The molecule has 4 rings (SSSR count). The van der Waals surface area contributed by atoms with Crippen molar-refractivity contribution in [3.8, 4) is 5.75 Å². The van der Waals surface area contributed by atoms with Gasteiger partial charge in [0.05, 0.1) is 4.90 Å². The number of para-hydroxylation sites is 1. The molecule has 2 aliphatic heterocycles. The Labute approximate surface area is 184 Å². The minimum Gasteiger partial charge on any atom is -0.484 e. The standard InChI is InChI=1S/C23H29N3O4S/c1-23(2)18-25(31(28,29)21-11-7-4-8-12-21)16-19-15-24(13-14-26(19)23)22(27)17-30-20-9-5-3-6-10-20/h3-12,19H,13-18H2,1-2H3. The summed E-state index contributed by atoms with van der Waals surface area (Å²) in [5, 5.41) is 0. The van der Waals surface area contributed by atoms with E-state index in [-0.39, 0.29) is 24.1 Å². The van der Waals surface area contributed by atoms with Crippen LogP contribution in [0.4, 0.5) is 0 Å². The Balaban J connectivity index is 1.46. The fraction of sp³-hybridized carbons (Fsp3) is 0.435. The highest BCUT2D eigenvalue weighted by Gasteiger charge is 2.46. The zero-order chi connectivity index (χ0) is 22.1. The summed E-state index contributed by atoms with van der Waals surface area (Å²) in [4.78, 5) is 17.2. The summed E-state index contributed by atoms with van der Waals surface area (Å²) in [6.07, 6.45) is 0. The fourth-order valence-corrected chi connectivity index (χ4v) is 6.19. The van der Waals surface area contributed by atoms with Crippen molar-refractivity contribution in [3.63, 3.8) is 0 Å². The topological polar surface area (TPSA) is 70.2 Å². The Bertz CT molecular complexity index is 1010. The SMILES string of the molecule is CC1(C)CN(S(=O)(=O)c2ccccc2)CC2CN(C(=O)COc3ccccc3)CCN21. The molecule has 2 heterocycles. The van der Waals surface area contributed by atoms with Gasteiger partial charge < -0.3 is 9.64 Å². The normalized spacial score (nSPS) is 22.0. The first-order chi connectivity index (χ1) is 14.8. The van der Waals surface area contributed by atoms with Gasteiger partial charge in [-0.3, -0.25) is 9.69 Å². The largest absolute Gasteiger partial charge is 0.484 e. The number of benzene rings is 2. The van der Waals surface area contributed by atoms with Gasteiger partial charge in [0.1, 0.15) is 5.75 Å². The van der Waals surface area contributed by atoms with Crippen LogP contribution in [0.3, 0.4) is 0 Å². The minimum absolute atomic E-state index is 0.0217. The summed E-state index contributed by atoms with van der Waals surface area (Å²) in [6.45, 7) is 6.73. The van der Waals surface area contributed by atoms with Gasteiger partial charge in [-0.1, -0.05) is 36.4 Å². The van der Waals surface area contributed by atoms with Crippen molar-refractivity contribution >= 4 is 15.9 Å². The summed E-state index contributed by atoms with van der Waals surface area (Å²) in [7, 11) is -3.59. The van der Waals surface area contributed by atoms with E-state index in [1.54, 1.807) is 33.5 Å². The molecular weight excluding hydrogens is 414 g/mol. The van der Waals surface area contributed by atoms with Crippen molar-refractivity contribution in [3.05, 3.63) is 60.7 Å². The first kappa shape index (κ1) is 21.8.